The van der Waals surface area contributed by atoms with Gasteiger partial charge in [0.2, 0.25) is 0 Å². The lowest BCUT2D eigenvalue weighted by molar-refractivity contribution is 0.108. The zero-order chi connectivity index (χ0) is 13.9. The van der Waals surface area contributed by atoms with Crippen LogP contribution in [0.5, 0.6) is 5.75 Å². The SMILES string of the molecule is CCCCCCCCCOc1ccc(C(=O)Cl)cc1. The molecule has 0 aromatic heterocycles. The predicted octanol–water partition coefficient (Wildman–Crippen LogP) is 5.20. The van der Waals surface area contributed by atoms with Crippen molar-refractivity contribution in [1.29, 1.82) is 0 Å². The maximum atomic E-state index is 10.9. The van der Waals surface area contributed by atoms with Crippen molar-refractivity contribution in [2.45, 2.75) is 51.9 Å². The molecule has 0 aliphatic carbocycles. The number of carbonyl (C=O) groups excluding carboxylic acids is 1. The fourth-order valence-electron chi connectivity index (χ4n) is 1.93. The molecule has 0 saturated heterocycles. The van der Waals surface area contributed by atoms with Crippen LogP contribution in [0.1, 0.15) is 62.2 Å². The van der Waals surface area contributed by atoms with Crippen LogP contribution < -0.4 is 4.74 Å². The van der Waals surface area contributed by atoms with Gasteiger partial charge in [0.25, 0.3) is 5.24 Å². The summed E-state index contributed by atoms with van der Waals surface area (Å²) in [7, 11) is 0. The van der Waals surface area contributed by atoms with Gasteiger partial charge < -0.3 is 4.74 Å². The summed E-state index contributed by atoms with van der Waals surface area (Å²) in [6.07, 6.45) is 8.94. The molecule has 1 aromatic rings. The van der Waals surface area contributed by atoms with E-state index in [1.54, 1.807) is 24.3 Å². The van der Waals surface area contributed by atoms with Gasteiger partial charge >= 0.3 is 0 Å². The first-order valence-corrected chi connectivity index (χ1v) is 7.54. The smallest absolute Gasteiger partial charge is 0.252 e. The van der Waals surface area contributed by atoms with Crippen molar-refractivity contribution in [2.24, 2.45) is 0 Å². The van der Waals surface area contributed by atoms with E-state index in [1.165, 1.54) is 38.5 Å². The highest BCUT2D eigenvalue weighted by molar-refractivity contribution is 6.67. The molecule has 0 aliphatic rings. The Hall–Kier alpha value is -1.02. The average molecular weight is 283 g/mol. The van der Waals surface area contributed by atoms with Gasteiger partial charge in [-0.2, -0.15) is 0 Å². The molecule has 19 heavy (non-hydrogen) atoms. The van der Waals surface area contributed by atoms with Gasteiger partial charge in [0, 0.05) is 5.56 Å². The standard InChI is InChI=1S/C16H23ClO2/c1-2-3-4-5-6-7-8-13-19-15-11-9-14(10-12-15)16(17)18/h9-12H,2-8,13H2,1H3. The monoisotopic (exact) mass is 282 g/mol. The minimum absolute atomic E-state index is 0.432. The molecule has 3 heteroatoms. The van der Waals surface area contributed by atoms with E-state index in [2.05, 4.69) is 6.92 Å². The van der Waals surface area contributed by atoms with Crippen molar-refractivity contribution < 1.29 is 9.53 Å². The van der Waals surface area contributed by atoms with Crippen molar-refractivity contribution in [1.82, 2.24) is 0 Å². The van der Waals surface area contributed by atoms with Crippen LogP contribution >= 0.6 is 11.6 Å². The van der Waals surface area contributed by atoms with E-state index in [9.17, 15) is 4.79 Å². The Labute approximate surface area is 121 Å². The highest BCUT2D eigenvalue weighted by Crippen LogP contribution is 2.14. The number of rotatable bonds is 10. The van der Waals surface area contributed by atoms with Gasteiger partial charge in [-0.1, -0.05) is 45.4 Å². The Bertz CT molecular complexity index is 360. The van der Waals surface area contributed by atoms with Crippen molar-refractivity contribution in [2.75, 3.05) is 6.61 Å². The number of hydrogen-bond donors (Lipinski definition) is 0. The van der Waals surface area contributed by atoms with Gasteiger partial charge in [-0.05, 0) is 42.3 Å². The molecule has 0 radical (unpaired) electrons. The van der Waals surface area contributed by atoms with Gasteiger partial charge in [0.15, 0.2) is 0 Å². The lowest BCUT2D eigenvalue weighted by atomic mass is 10.1. The molecule has 1 aromatic carbocycles. The summed E-state index contributed by atoms with van der Waals surface area (Å²) in [6.45, 7) is 2.97. The second-order valence-corrected chi connectivity index (χ2v) is 5.11. The number of unbranched alkanes of at least 4 members (excludes halogenated alkanes) is 6. The van der Waals surface area contributed by atoms with Gasteiger partial charge in [-0.25, -0.2) is 0 Å². The number of benzene rings is 1. The summed E-state index contributed by atoms with van der Waals surface area (Å²) >= 11 is 5.37. The van der Waals surface area contributed by atoms with E-state index in [1.807, 2.05) is 0 Å². The summed E-state index contributed by atoms with van der Waals surface area (Å²) in [6, 6.07) is 6.96. The van der Waals surface area contributed by atoms with Crippen LogP contribution in [0.2, 0.25) is 0 Å². The molecule has 0 spiro atoms. The summed E-state index contributed by atoms with van der Waals surface area (Å²) < 4.78 is 5.61. The number of carbonyl (C=O) groups is 1. The normalized spacial score (nSPS) is 10.4. The first-order valence-electron chi connectivity index (χ1n) is 7.16. The molecule has 0 atom stereocenters. The van der Waals surface area contributed by atoms with E-state index >= 15 is 0 Å². The van der Waals surface area contributed by atoms with E-state index in [0.29, 0.717) is 5.56 Å². The van der Waals surface area contributed by atoms with Crippen LogP contribution in [0, 0.1) is 0 Å². The summed E-state index contributed by atoms with van der Waals surface area (Å²) in [5, 5.41) is -0.432. The van der Waals surface area contributed by atoms with Crippen LogP contribution in [-0.4, -0.2) is 11.8 Å². The van der Waals surface area contributed by atoms with Crippen LogP contribution in [0.3, 0.4) is 0 Å². The zero-order valence-corrected chi connectivity index (χ0v) is 12.4. The lowest BCUT2D eigenvalue weighted by Crippen LogP contribution is -1.98. The van der Waals surface area contributed by atoms with Crippen LogP contribution in [-0.2, 0) is 0 Å². The maximum Gasteiger partial charge on any atom is 0.252 e. The number of hydrogen-bond acceptors (Lipinski definition) is 2. The lowest BCUT2D eigenvalue weighted by Gasteiger charge is -2.06. The van der Waals surface area contributed by atoms with Gasteiger partial charge in [-0.3, -0.25) is 4.79 Å². The van der Waals surface area contributed by atoms with Gasteiger partial charge in [-0.15, -0.1) is 0 Å². The van der Waals surface area contributed by atoms with Crippen LogP contribution in [0.15, 0.2) is 24.3 Å². The molecule has 0 aliphatic heterocycles. The third-order valence-corrected chi connectivity index (χ3v) is 3.32. The minimum Gasteiger partial charge on any atom is -0.494 e. The molecule has 0 saturated carbocycles. The van der Waals surface area contributed by atoms with Gasteiger partial charge in [0.05, 0.1) is 6.61 Å². The third kappa shape index (κ3) is 7.22. The summed E-state index contributed by atoms with van der Waals surface area (Å²) in [4.78, 5) is 10.9. The molecule has 106 valence electrons. The molecule has 1 rings (SSSR count). The highest BCUT2D eigenvalue weighted by atomic mass is 35.5. The molecule has 0 N–H and O–H groups in total. The molecule has 0 amide bonds. The van der Waals surface area contributed by atoms with E-state index in [0.717, 1.165) is 18.8 Å². The minimum atomic E-state index is -0.432. The Morgan fingerprint density at radius 1 is 1.00 bits per heavy atom. The topological polar surface area (TPSA) is 26.3 Å². The van der Waals surface area contributed by atoms with Crippen molar-refractivity contribution >= 4 is 16.8 Å². The van der Waals surface area contributed by atoms with Gasteiger partial charge in [0.1, 0.15) is 5.75 Å². The Balaban J connectivity index is 2.07. The van der Waals surface area contributed by atoms with Crippen LogP contribution in [0.4, 0.5) is 0 Å². The predicted molar refractivity (Wildman–Crippen MR) is 80.1 cm³/mol. The quantitative estimate of drug-likeness (QED) is 0.436. The summed E-state index contributed by atoms with van der Waals surface area (Å²) in [5.41, 5.74) is 0.505. The fraction of sp³-hybridized carbons (Fsp3) is 0.562. The molecule has 0 unspecified atom stereocenters. The molecular weight excluding hydrogens is 260 g/mol. The largest absolute Gasteiger partial charge is 0.494 e. The van der Waals surface area contributed by atoms with Crippen molar-refractivity contribution in [3.05, 3.63) is 29.8 Å². The fourth-order valence-corrected chi connectivity index (χ4v) is 2.06. The Kier molecular flexibility index (Phi) is 8.31. The second kappa shape index (κ2) is 9.85. The summed E-state index contributed by atoms with van der Waals surface area (Å²) in [5.74, 6) is 0.799. The Morgan fingerprint density at radius 3 is 2.16 bits per heavy atom. The molecule has 0 heterocycles. The molecule has 0 fully saturated rings. The van der Waals surface area contributed by atoms with E-state index < -0.39 is 5.24 Å². The van der Waals surface area contributed by atoms with Crippen molar-refractivity contribution in [3.63, 3.8) is 0 Å². The molecule has 2 nitrogen and oxygen atoms in total. The number of halogens is 1. The molecule has 0 bridgehead atoms. The highest BCUT2D eigenvalue weighted by Gasteiger charge is 2.01. The van der Waals surface area contributed by atoms with E-state index in [-0.39, 0.29) is 0 Å². The maximum absolute atomic E-state index is 10.9. The van der Waals surface area contributed by atoms with Crippen LogP contribution in [0.25, 0.3) is 0 Å². The third-order valence-electron chi connectivity index (χ3n) is 3.10. The zero-order valence-electron chi connectivity index (χ0n) is 11.7. The molecular formula is C16H23ClO2. The average Bonchev–Trinajstić information content (AvgIpc) is 2.42. The van der Waals surface area contributed by atoms with Crippen molar-refractivity contribution in [3.8, 4) is 5.75 Å². The second-order valence-electron chi connectivity index (χ2n) is 4.77. The van der Waals surface area contributed by atoms with E-state index in [4.69, 9.17) is 16.3 Å². The Morgan fingerprint density at radius 2 is 1.58 bits per heavy atom. The number of ether oxygens (including phenoxy) is 1. The first kappa shape index (κ1) is 16.0. The first-order chi connectivity index (χ1) is 9.24.